The number of carbonyl (C=O) groups is 1. The van der Waals surface area contributed by atoms with Gasteiger partial charge in [-0.15, -0.1) is 0 Å². The lowest BCUT2D eigenvalue weighted by Crippen LogP contribution is -2.21. The van der Waals surface area contributed by atoms with Crippen molar-refractivity contribution in [1.82, 2.24) is 9.97 Å². The van der Waals surface area contributed by atoms with E-state index in [0.717, 1.165) is 0 Å². The van der Waals surface area contributed by atoms with Crippen LogP contribution in [-0.4, -0.2) is 30.1 Å². The number of ether oxygens (including phenoxy) is 2. The first-order chi connectivity index (χ1) is 12.6. The van der Waals surface area contributed by atoms with Crippen LogP contribution in [0.2, 0.25) is 0 Å². The molecule has 0 saturated carbocycles. The molecule has 0 aliphatic carbocycles. The second-order valence-electron chi connectivity index (χ2n) is 5.40. The summed E-state index contributed by atoms with van der Waals surface area (Å²) in [5.74, 6) is 0.869. The van der Waals surface area contributed by atoms with Crippen LogP contribution in [0.25, 0.3) is 11.3 Å². The van der Waals surface area contributed by atoms with Crippen molar-refractivity contribution < 1.29 is 14.3 Å². The predicted octanol–water partition coefficient (Wildman–Crippen LogP) is 2.71. The third-order valence-electron chi connectivity index (χ3n) is 3.70. The average molecular weight is 351 g/mol. The maximum atomic E-state index is 12.5. The molecule has 0 bridgehead atoms. The van der Waals surface area contributed by atoms with Crippen molar-refractivity contribution >= 4 is 11.6 Å². The lowest BCUT2D eigenvalue weighted by Gasteiger charge is -2.08. The molecule has 3 rings (SSSR count). The van der Waals surface area contributed by atoms with Crippen molar-refractivity contribution in [3.63, 3.8) is 0 Å². The van der Waals surface area contributed by atoms with Gasteiger partial charge in [0.25, 0.3) is 5.91 Å². The number of hydrogen-bond donors (Lipinski definition) is 2. The smallest absolute Gasteiger partial charge is 0.346 e. The number of nitrogens with one attached hydrogen (secondary N) is 2. The molecule has 0 aliphatic rings. The molecule has 26 heavy (non-hydrogen) atoms. The average Bonchev–Trinajstić information content (AvgIpc) is 2.68. The van der Waals surface area contributed by atoms with E-state index in [4.69, 9.17) is 9.47 Å². The summed E-state index contributed by atoms with van der Waals surface area (Å²) < 4.78 is 10.3. The minimum Gasteiger partial charge on any atom is -0.497 e. The van der Waals surface area contributed by atoms with Crippen LogP contribution < -0.4 is 20.5 Å². The van der Waals surface area contributed by atoms with Gasteiger partial charge in [-0.2, -0.15) is 4.98 Å². The first-order valence-electron chi connectivity index (χ1n) is 7.80. The van der Waals surface area contributed by atoms with Crippen LogP contribution in [0.3, 0.4) is 0 Å². The number of rotatable bonds is 5. The van der Waals surface area contributed by atoms with Gasteiger partial charge in [-0.05, 0) is 42.5 Å². The number of amides is 1. The Morgan fingerprint density at radius 2 is 1.73 bits per heavy atom. The minimum atomic E-state index is -0.606. The highest BCUT2D eigenvalue weighted by molar-refractivity contribution is 6.03. The Labute approximate surface area is 149 Å². The molecule has 0 radical (unpaired) electrons. The van der Waals surface area contributed by atoms with Crippen LogP contribution in [0.4, 0.5) is 5.69 Å². The topological polar surface area (TPSA) is 93.3 Å². The molecule has 3 aromatic rings. The van der Waals surface area contributed by atoms with Crippen LogP contribution in [0, 0.1) is 0 Å². The Morgan fingerprint density at radius 1 is 1.00 bits per heavy atom. The molecule has 0 saturated heterocycles. The number of H-pyrrole nitrogens is 1. The van der Waals surface area contributed by atoms with Gasteiger partial charge in [0.2, 0.25) is 0 Å². The van der Waals surface area contributed by atoms with Gasteiger partial charge in [-0.1, -0.05) is 12.1 Å². The van der Waals surface area contributed by atoms with E-state index in [9.17, 15) is 9.59 Å². The number of aromatic amines is 1. The Bertz CT molecular complexity index is 981. The Kier molecular flexibility index (Phi) is 4.98. The summed E-state index contributed by atoms with van der Waals surface area (Å²) >= 11 is 0. The summed E-state index contributed by atoms with van der Waals surface area (Å²) in [6, 6.07) is 15.5. The highest BCUT2D eigenvalue weighted by atomic mass is 16.5. The largest absolute Gasteiger partial charge is 0.497 e. The van der Waals surface area contributed by atoms with Gasteiger partial charge in [0.15, 0.2) is 0 Å². The van der Waals surface area contributed by atoms with Crippen molar-refractivity contribution in [3.8, 4) is 22.8 Å². The van der Waals surface area contributed by atoms with Crippen molar-refractivity contribution in [3.05, 3.63) is 70.8 Å². The van der Waals surface area contributed by atoms with Crippen molar-refractivity contribution in [1.29, 1.82) is 0 Å². The Hall–Kier alpha value is -3.61. The molecule has 2 aromatic carbocycles. The van der Waals surface area contributed by atoms with Gasteiger partial charge >= 0.3 is 5.69 Å². The number of hydrogen-bond acceptors (Lipinski definition) is 5. The van der Waals surface area contributed by atoms with Crippen molar-refractivity contribution in [2.24, 2.45) is 0 Å². The van der Waals surface area contributed by atoms with E-state index < -0.39 is 11.6 Å². The lowest BCUT2D eigenvalue weighted by atomic mass is 10.1. The number of carbonyl (C=O) groups excluding carboxylic acids is 1. The van der Waals surface area contributed by atoms with Gasteiger partial charge < -0.3 is 19.8 Å². The summed E-state index contributed by atoms with van der Waals surface area (Å²) in [5, 5.41) is 2.72. The molecule has 7 nitrogen and oxygen atoms in total. The van der Waals surface area contributed by atoms with Crippen LogP contribution in [0.1, 0.15) is 10.5 Å². The molecule has 132 valence electrons. The molecule has 0 atom stereocenters. The molecular weight excluding hydrogens is 334 g/mol. The Morgan fingerprint density at radius 3 is 2.42 bits per heavy atom. The standard InChI is InChI=1S/C19H17N3O4/c1-25-14-8-6-13(7-9-14)20-18(23)17-11-16(21-19(24)22-17)12-4-3-5-15(10-12)26-2/h3-11H,1-2H3,(H,20,23)(H,21,22,24). The van der Waals surface area contributed by atoms with Crippen LogP contribution in [0.15, 0.2) is 59.4 Å². The van der Waals surface area contributed by atoms with E-state index >= 15 is 0 Å². The van der Waals surface area contributed by atoms with Gasteiger partial charge in [-0.3, -0.25) is 4.79 Å². The Balaban J connectivity index is 1.88. The quantitative estimate of drug-likeness (QED) is 0.737. The number of aromatic nitrogens is 2. The van der Waals surface area contributed by atoms with Crippen LogP contribution in [-0.2, 0) is 0 Å². The second kappa shape index (κ2) is 7.52. The SMILES string of the molecule is COc1ccc(NC(=O)c2cc(-c3cccc(OC)c3)nc(=O)[nH]2)cc1. The summed E-state index contributed by atoms with van der Waals surface area (Å²) in [6.45, 7) is 0. The van der Waals surface area contributed by atoms with Crippen LogP contribution >= 0.6 is 0 Å². The summed E-state index contributed by atoms with van der Waals surface area (Å²) in [7, 11) is 3.12. The minimum absolute atomic E-state index is 0.110. The highest BCUT2D eigenvalue weighted by Crippen LogP contribution is 2.22. The fourth-order valence-corrected chi connectivity index (χ4v) is 2.38. The summed E-state index contributed by atoms with van der Waals surface area (Å²) in [6.07, 6.45) is 0. The van der Waals surface area contributed by atoms with E-state index in [2.05, 4.69) is 15.3 Å². The molecule has 1 aromatic heterocycles. The second-order valence-corrected chi connectivity index (χ2v) is 5.40. The number of methoxy groups -OCH3 is 2. The number of anilines is 1. The third kappa shape index (κ3) is 3.89. The molecule has 0 aliphatic heterocycles. The zero-order valence-electron chi connectivity index (χ0n) is 14.3. The third-order valence-corrected chi connectivity index (χ3v) is 3.70. The van der Waals surface area contributed by atoms with Gasteiger partial charge in [0.05, 0.1) is 19.9 Å². The molecule has 7 heteroatoms. The zero-order chi connectivity index (χ0) is 18.5. The van der Waals surface area contributed by atoms with Crippen LogP contribution in [0.5, 0.6) is 11.5 Å². The summed E-state index contributed by atoms with van der Waals surface area (Å²) in [4.78, 5) is 30.7. The fraction of sp³-hybridized carbons (Fsp3) is 0.105. The lowest BCUT2D eigenvalue weighted by molar-refractivity contribution is 0.102. The van der Waals surface area contributed by atoms with Gasteiger partial charge in [-0.25, -0.2) is 4.79 Å². The highest BCUT2D eigenvalue weighted by Gasteiger charge is 2.11. The molecule has 0 fully saturated rings. The maximum absolute atomic E-state index is 12.5. The first-order valence-corrected chi connectivity index (χ1v) is 7.80. The zero-order valence-corrected chi connectivity index (χ0v) is 14.3. The molecule has 1 amide bonds. The van der Waals surface area contributed by atoms with Crippen molar-refractivity contribution in [2.45, 2.75) is 0 Å². The van der Waals surface area contributed by atoms with E-state index in [1.165, 1.54) is 6.07 Å². The van der Waals surface area contributed by atoms with E-state index in [1.807, 2.05) is 0 Å². The number of nitrogens with zero attached hydrogens (tertiary/aromatic N) is 1. The summed E-state index contributed by atoms with van der Waals surface area (Å²) in [5.41, 5.74) is 1.14. The molecule has 0 spiro atoms. The molecular formula is C19H17N3O4. The normalized spacial score (nSPS) is 10.2. The van der Waals surface area contributed by atoms with E-state index in [1.54, 1.807) is 62.8 Å². The monoisotopic (exact) mass is 351 g/mol. The predicted molar refractivity (Wildman–Crippen MR) is 97.8 cm³/mol. The maximum Gasteiger partial charge on any atom is 0.346 e. The fourth-order valence-electron chi connectivity index (χ4n) is 2.38. The number of benzene rings is 2. The van der Waals surface area contributed by atoms with E-state index in [0.29, 0.717) is 28.4 Å². The van der Waals surface area contributed by atoms with Gasteiger partial charge in [0.1, 0.15) is 17.2 Å². The van der Waals surface area contributed by atoms with E-state index in [-0.39, 0.29) is 5.69 Å². The first kappa shape index (κ1) is 17.2. The van der Waals surface area contributed by atoms with Gasteiger partial charge in [0, 0.05) is 11.3 Å². The van der Waals surface area contributed by atoms with Crippen molar-refractivity contribution in [2.75, 3.05) is 19.5 Å². The molecule has 2 N–H and O–H groups in total. The molecule has 0 unspecified atom stereocenters. The molecule has 1 heterocycles.